The van der Waals surface area contributed by atoms with E-state index in [9.17, 15) is 0 Å². The summed E-state index contributed by atoms with van der Waals surface area (Å²) in [6, 6.07) is 1.75. The van der Waals surface area contributed by atoms with Gasteiger partial charge in [-0.25, -0.2) is 4.98 Å². The van der Waals surface area contributed by atoms with Crippen molar-refractivity contribution >= 4 is 15.9 Å². The van der Waals surface area contributed by atoms with Crippen LogP contribution in [0.15, 0.2) is 10.7 Å². The normalized spacial score (nSPS) is 12.5. The van der Waals surface area contributed by atoms with Gasteiger partial charge in [0.15, 0.2) is 0 Å². The molecule has 0 radical (unpaired) electrons. The quantitative estimate of drug-likeness (QED) is 0.774. The molecule has 1 aromatic rings. The third-order valence-electron chi connectivity index (χ3n) is 1.66. The Morgan fingerprint density at radius 3 is 2.80 bits per heavy atom. The van der Waals surface area contributed by atoms with E-state index in [1.807, 2.05) is 20.8 Å². The lowest BCUT2D eigenvalue weighted by Gasteiger charge is -2.13. The van der Waals surface area contributed by atoms with Crippen LogP contribution in [0, 0.1) is 6.92 Å². The van der Waals surface area contributed by atoms with Gasteiger partial charge in [0.25, 0.3) is 0 Å². The Labute approximate surface area is 98.2 Å². The topological polar surface area (TPSA) is 44.2 Å². The number of nitrogens with zero attached hydrogens (tertiary/aromatic N) is 2. The Morgan fingerprint density at radius 1 is 1.47 bits per heavy atom. The van der Waals surface area contributed by atoms with Crippen LogP contribution in [-0.2, 0) is 4.74 Å². The molecule has 84 valence electrons. The van der Waals surface area contributed by atoms with E-state index in [0.29, 0.717) is 24.9 Å². The molecule has 15 heavy (non-hydrogen) atoms. The van der Waals surface area contributed by atoms with Crippen molar-refractivity contribution in [2.75, 3.05) is 13.2 Å². The Balaban J connectivity index is 2.56. The lowest BCUT2D eigenvalue weighted by Crippen LogP contribution is -2.19. The summed E-state index contributed by atoms with van der Waals surface area (Å²) in [6.45, 7) is 6.99. The maximum Gasteiger partial charge on any atom is 0.218 e. The van der Waals surface area contributed by atoms with E-state index in [1.165, 1.54) is 0 Å². The fourth-order valence-electron chi connectivity index (χ4n) is 1.09. The van der Waals surface area contributed by atoms with Crippen LogP contribution in [0.5, 0.6) is 5.88 Å². The lowest BCUT2D eigenvalue weighted by molar-refractivity contribution is 0.0631. The SMILES string of the molecule is CCOCC(C)Oc1cc(Br)nc(C)n1. The Hall–Kier alpha value is -0.680. The molecular weight excluding hydrogens is 260 g/mol. The number of hydrogen-bond donors (Lipinski definition) is 0. The molecule has 5 heteroatoms. The molecule has 1 atom stereocenters. The molecule has 0 N–H and O–H groups in total. The minimum atomic E-state index is -0.00819. The molecule has 0 saturated heterocycles. The molecule has 1 unspecified atom stereocenters. The fraction of sp³-hybridized carbons (Fsp3) is 0.600. The van der Waals surface area contributed by atoms with E-state index in [1.54, 1.807) is 6.07 Å². The van der Waals surface area contributed by atoms with Gasteiger partial charge in [0.2, 0.25) is 5.88 Å². The number of ether oxygens (including phenoxy) is 2. The van der Waals surface area contributed by atoms with Gasteiger partial charge in [0.05, 0.1) is 6.61 Å². The van der Waals surface area contributed by atoms with E-state index in [0.717, 1.165) is 4.60 Å². The minimum absolute atomic E-state index is 0.00819. The van der Waals surface area contributed by atoms with Crippen LogP contribution >= 0.6 is 15.9 Å². The van der Waals surface area contributed by atoms with Crippen molar-refractivity contribution in [3.8, 4) is 5.88 Å². The van der Waals surface area contributed by atoms with Gasteiger partial charge in [-0.2, -0.15) is 4.98 Å². The van der Waals surface area contributed by atoms with E-state index in [4.69, 9.17) is 9.47 Å². The molecule has 4 nitrogen and oxygen atoms in total. The predicted molar refractivity (Wildman–Crippen MR) is 61.1 cm³/mol. The number of hydrogen-bond acceptors (Lipinski definition) is 4. The van der Waals surface area contributed by atoms with Crippen molar-refractivity contribution in [1.82, 2.24) is 9.97 Å². The van der Waals surface area contributed by atoms with Crippen LogP contribution in [0.2, 0.25) is 0 Å². The largest absolute Gasteiger partial charge is 0.472 e. The molecule has 1 rings (SSSR count). The summed E-state index contributed by atoms with van der Waals surface area (Å²) in [4.78, 5) is 8.26. The Kier molecular flexibility index (Phi) is 4.98. The lowest BCUT2D eigenvalue weighted by atomic mass is 10.4. The highest BCUT2D eigenvalue weighted by Crippen LogP contribution is 2.15. The van der Waals surface area contributed by atoms with Crippen LogP contribution in [0.4, 0.5) is 0 Å². The second kappa shape index (κ2) is 6.02. The average Bonchev–Trinajstić information content (AvgIpc) is 2.13. The zero-order valence-electron chi connectivity index (χ0n) is 9.16. The maximum atomic E-state index is 5.57. The predicted octanol–water partition coefficient (Wildman–Crippen LogP) is 2.35. The van der Waals surface area contributed by atoms with E-state index < -0.39 is 0 Å². The van der Waals surface area contributed by atoms with Crippen LogP contribution in [0.1, 0.15) is 19.7 Å². The van der Waals surface area contributed by atoms with Crippen molar-refractivity contribution in [3.05, 3.63) is 16.5 Å². The summed E-state index contributed by atoms with van der Waals surface area (Å²) >= 11 is 3.29. The Bertz CT molecular complexity index is 300. The molecule has 0 aliphatic heterocycles. The van der Waals surface area contributed by atoms with E-state index >= 15 is 0 Å². The molecule has 0 fully saturated rings. The van der Waals surface area contributed by atoms with Crippen molar-refractivity contribution in [2.45, 2.75) is 26.9 Å². The molecular formula is C10H15BrN2O2. The van der Waals surface area contributed by atoms with Gasteiger partial charge < -0.3 is 9.47 Å². The van der Waals surface area contributed by atoms with Crippen LogP contribution in [0.3, 0.4) is 0 Å². The van der Waals surface area contributed by atoms with Gasteiger partial charge >= 0.3 is 0 Å². The highest BCUT2D eigenvalue weighted by Gasteiger charge is 2.06. The number of rotatable bonds is 5. The number of halogens is 1. The highest BCUT2D eigenvalue weighted by molar-refractivity contribution is 9.10. The van der Waals surface area contributed by atoms with Gasteiger partial charge in [-0.15, -0.1) is 0 Å². The van der Waals surface area contributed by atoms with Gasteiger partial charge in [-0.05, 0) is 36.7 Å². The third-order valence-corrected chi connectivity index (χ3v) is 2.07. The third kappa shape index (κ3) is 4.57. The van der Waals surface area contributed by atoms with E-state index in [2.05, 4.69) is 25.9 Å². The summed E-state index contributed by atoms with van der Waals surface area (Å²) in [6.07, 6.45) is -0.00819. The monoisotopic (exact) mass is 274 g/mol. The molecule has 0 spiro atoms. The molecule has 0 aliphatic rings. The molecule has 0 saturated carbocycles. The van der Waals surface area contributed by atoms with Gasteiger partial charge in [0.1, 0.15) is 16.5 Å². The van der Waals surface area contributed by atoms with Gasteiger partial charge in [-0.1, -0.05) is 0 Å². The molecule has 1 aromatic heterocycles. The van der Waals surface area contributed by atoms with Crippen LogP contribution < -0.4 is 4.74 Å². The fourth-order valence-corrected chi connectivity index (χ4v) is 1.54. The summed E-state index contributed by atoms with van der Waals surface area (Å²) < 4.78 is 11.5. The zero-order chi connectivity index (χ0) is 11.3. The first-order valence-corrected chi connectivity index (χ1v) is 5.66. The molecule has 0 aromatic carbocycles. The zero-order valence-corrected chi connectivity index (χ0v) is 10.7. The maximum absolute atomic E-state index is 5.57. The first-order chi connectivity index (χ1) is 7.11. The van der Waals surface area contributed by atoms with Crippen LogP contribution in [0.25, 0.3) is 0 Å². The van der Waals surface area contributed by atoms with Gasteiger partial charge in [-0.3, -0.25) is 0 Å². The Morgan fingerprint density at radius 2 is 2.20 bits per heavy atom. The second-order valence-corrected chi connectivity index (χ2v) is 3.98. The van der Waals surface area contributed by atoms with Crippen LogP contribution in [-0.4, -0.2) is 29.3 Å². The smallest absolute Gasteiger partial charge is 0.218 e. The summed E-state index contributed by atoms with van der Waals surface area (Å²) in [5.74, 6) is 1.25. The van der Waals surface area contributed by atoms with Crippen molar-refractivity contribution < 1.29 is 9.47 Å². The molecule has 0 amide bonds. The summed E-state index contributed by atoms with van der Waals surface area (Å²) in [5, 5.41) is 0. The summed E-state index contributed by atoms with van der Waals surface area (Å²) in [7, 11) is 0. The average molecular weight is 275 g/mol. The standard InChI is InChI=1S/C10H15BrN2O2/c1-4-14-6-7(2)15-10-5-9(11)12-8(3)13-10/h5,7H,4,6H2,1-3H3. The first kappa shape index (κ1) is 12.4. The second-order valence-electron chi connectivity index (χ2n) is 3.16. The first-order valence-electron chi connectivity index (χ1n) is 4.87. The summed E-state index contributed by atoms with van der Waals surface area (Å²) in [5.41, 5.74) is 0. The van der Waals surface area contributed by atoms with Crippen molar-refractivity contribution in [3.63, 3.8) is 0 Å². The minimum Gasteiger partial charge on any atom is -0.472 e. The molecule has 0 bridgehead atoms. The van der Waals surface area contributed by atoms with Crippen molar-refractivity contribution in [1.29, 1.82) is 0 Å². The van der Waals surface area contributed by atoms with Gasteiger partial charge in [0, 0.05) is 12.7 Å². The van der Waals surface area contributed by atoms with Crippen molar-refractivity contribution in [2.24, 2.45) is 0 Å². The van der Waals surface area contributed by atoms with E-state index in [-0.39, 0.29) is 6.10 Å². The molecule has 1 heterocycles. The number of aryl methyl sites for hydroxylation is 1. The highest BCUT2D eigenvalue weighted by atomic mass is 79.9. The number of aromatic nitrogens is 2. The molecule has 0 aliphatic carbocycles.